The summed E-state index contributed by atoms with van der Waals surface area (Å²) in [7, 11) is -34.0. The zero-order valence-electron chi connectivity index (χ0n) is 32.9. The van der Waals surface area contributed by atoms with Crippen molar-refractivity contribution in [1.29, 1.82) is 0 Å². The van der Waals surface area contributed by atoms with E-state index in [1.54, 1.807) is 0 Å². The molecule has 0 aliphatic carbocycles. The summed E-state index contributed by atoms with van der Waals surface area (Å²) in [5.74, 6) is 4.11. The Morgan fingerprint density at radius 3 is 1.45 bits per heavy atom. The third-order valence-electron chi connectivity index (χ3n) is 7.97. The van der Waals surface area contributed by atoms with Gasteiger partial charge in [-0.2, -0.15) is 37.0 Å². The molecule has 2 aliphatic rings. The number of nitrogen functional groups attached to an aromatic ring is 2. The van der Waals surface area contributed by atoms with Crippen molar-refractivity contribution in [3.05, 3.63) is 38.9 Å². The number of ether oxygens (including phenoxy) is 2. The number of nitrogens with two attached hydrogens (primary N) is 2. The second-order valence-electron chi connectivity index (χ2n) is 13.0. The van der Waals surface area contributed by atoms with Crippen LogP contribution in [0.4, 0.5) is 11.6 Å². The fourth-order valence-electron chi connectivity index (χ4n) is 5.63. The summed E-state index contributed by atoms with van der Waals surface area (Å²) >= 11 is 23.6. The summed E-state index contributed by atoms with van der Waals surface area (Å²) in [6.45, 7) is 3.48. The first-order valence-electron chi connectivity index (χ1n) is 16.7. The highest BCUT2D eigenvalue weighted by Gasteiger charge is 2.60. The number of hydrogen-bond donors (Lipinski definition) is 12. The molecule has 0 aromatic carbocycles. The van der Waals surface area contributed by atoms with Crippen molar-refractivity contribution >= 4 is 105 Å². The Morgan fingerprint density at radius 2 is 1.07 bits per heavy atom. The van der Waals surface area contributed by atoms with Crippen molar-refractivity contribution in [1.82, 2.24) is 24.3 Å². The number of alkyl halides is 2. The highest BCUT2D eigenvalue weighted by molar-refractivity contribution is 7.67. The van der Waals surface area contributed by atoms with Crippen LogP contribution in [0.1, 0.15) is 32.0 Å². The van der Waals surface area contributed by atoms with Gasteiger partial charge >= 0.3 is 58.3 Å². The van der Waals surface area contributed by atoms with Gasteiger partial charge in [0.15, 0.2) is 22.2 Å². The molecule has 4 heterocycles. The van der Waals surface area contributed by atoms with Crippen molar-refractivity contribution in [2.45, 2.75) is 79.6 Å². The van der Waals surface area contributed by atoms with Gasteiger partial charge in [0.25, 0.3) is 0 Å². The first kappa shape index (κ1) is 59.5. The Balaban J connectivity index is 0.000000355. The highest BCUT2D eigenvalue weighted by atomic mass is 35.5. The van der Waals surface area contributed by atoms with Gasteiger partial charge in [0, 0.05) is 16.5 Å². The number of aliphatic hydroxyl groups is 2. The molecule has 6 unspecified atom stereocenters. The number of hydrogen-bond acceptors (Lipinski definition) is 23. The molecule has 0 radical (unpaired) electrons. The van der Waals surface area contributed by atoms with Gasteiger partial charge in [0.2, 0.25) is 0 Å². The average molecular weight is 1160 g/mol. The van der Waals surface area contributed by atoms with E-state index in [1.807, 2.05) is 10.8 Å². The Hall–Kier alpha value is -1.77. The molecule has 33 nitrogen and oxygen atoms in total. The molecule has 14 N–H and O–H groups in total. The van der Waals surface area contributed by atoms with Gasteiger partial charge in [0.1, 0.15) is 36.1 Å². The molecule has 378 valence electrons. The molecule has 14 atom stereocenters. The second kappa shape index (κ2) is 21.9. The van der Waals surface area contributed by atoms with Crippen LogP contribution < -0.4 is 22.8 Å². The third-order valence-corrected chi connectivity index (χ3v) is 17.0. The molecule has 2 aliphatic heterocycles. The van der Waals surface area contributed by atoms with Gasteiger partial charge in [-0.05, 0) is 50.0 Å². The molecule has 2 aromatic rings. The summed E-state index contributed by atoms with van der Waals surface area (Å²) in [5, 5.41) is 28.9. The summed E-state index contributed by atoms with van der Waals surface area (Å²) in [5.41, 5.74) is 9.04. The normalized spacial score (nSPS) is 29.7. The SMILES string of the molecule is C[C@@H](OP(=O)(O)OP(=O)(O)OP(=O)(O)O)[C@H]1O[C@@H](n2ncc(N)nc2=O)C(Cl)(C#CCl)[C@H]1O.Cc1cc(N)nc(=O)n1[C@@H]1O[C@H]([C@@H](C)OP(=O)(O)OP(=O)(O)OP(=O)(O)O)[C@H](O)C1(Cl)C#CCl. The van der Waals surface area contributed by atoms with Gasteiger partial charge in [0.05, 0.1) is 18.4 Å². The maximum absolute atomic E-state index is 12.4. The lowest BCUT2D eigenvalue weighted by Gasteiger charge is -2.27. The Morgan fingerprint density at radius 1 is 0.687 bits per heavy atom. The molecule has 0 amide bonds. The number of halogens is 4. The summed E-state index contributed by atoms with van der Waals surface area (Å²) in [6, 6.07) is 1.28. The number of rotatable bonds is 16. The van der Waals surface area contributed by atoms with Crippen molar-refractivity contribution in [2.75, 3.05) is 11.5 Å². The molecule has 2 aromatic heterocycles. The molecule has 0 spiro atoms. The van der Waals surface area contributed by atoms with Crippen molar-refractivity contribution in [3.8, 4) is 22.6 Å². The zero-order chi connectivity index (χ0) is 51.7. The van der Waals surface area contributed by atoms with Crippen LogP contribution >= 0.6 is 93.3 Å². The number of phosphoric ester groups is 2. The van der Waals surface area contributed by atoms with Crippen LogP contribution in [0.5, 0.6) is 0 Å². The number of aryl methyl sites for hydroxylation is 1. The Kier molecular flexibility index (Phi) is 19.5. The van der Waals surface area contributed by atoms with Gasteiger partial charge < -0.3 is 70.3 Å². The molecule has 43 heteroatoms. The van der Waals surface area contributed by atoms with Gasteiger partial charge in [-0.1, -0.05) is 35.0 Å². The van der Waals surface area contributed by atoms with E-state index >= 15 is 0 Å². The second-order valence-corrected chi connectivity index (χ2v) is 23.3. The lowest BCUT2D eigenvalue weighted by Crippen LogP contribution is -2.45. The standard InChI is InChI=1S/C13H18Cl2N3O13P3.C11H15Cl2N4O13P3/c1-6-5-8(16)17-12(20)18(6)11-13(15,3-4-14)10(19)9(28-11)7(2)29-33(24,25)31-34(26,27)30-32(21,22)23;1-5(28-32(23,24)30-33(25,26)29-31(20,21)22)7-8(18)11(13,2-3-12)9(27-7)17-10(19)16-6(14)4-15-17/h5,7,9-11,19H,1-2H3,(H,24,25)(H,26,27)(H2,16,17,20)(H2,21,22,23);4-5,7-9,18H,1H3,(H,23,24)(H,25,26)(H2,14,16,19)(H2,20,21,22)/t7-,9-,10+,11-,13?;5-,7-,8+,9-,11?/m11/s1. The topological polar surface area (TPSA) is 513 Å². The van der Waals surface area contributed by atoms with Gasteiger partial charge in [-0.15, -0.1) is 0 Å². The van der Waals surface area contributed by atoms with Crippen LogP contribution in [0.2, 0.25) is 0 Å². The minimum atomic E-state index is -5.79. The van der Waals surface area contributed by atoms with Crippen LogP contribution in [0, 0.1) is 29.5 Å². The summed E-state index contributed by atoms with van der Waals surface area (Å²) in [4.78, 5) is 99.4. The van der Waals surface area contributed by atoms with Gasteiger partial charge in [-0.25, -0.2) is 37.0 Å². The fourth-order valence-corrected chi connectivity index (χ4v) is 13.1. The molecular weight excluding hydrogens is 1130 g/mol. The monoisotopic (exact) mass is 1160 g/mol. The fraction of sp³-hybridized carbons (Fsp3) is 0.542. The maximum atomic E-state index is 12.4. The van der Waals surface area contributed by atoms with E-state index in [9.17, 15) is 66.8 Å². The van der Waals surface area contributed by atoms with E-state index in [4.69, 9.17) is 86.9 Å². The van der Waals surface area contributed by atoms with Crippen LogP contribution in [0.15, 0.2) is 21.9 Å². The van der Waals surface area contributed by atoms with Crippen molar-refractivity contribution in [2.24, 2.45) is 0 Å². The quantitative estimate of drug-likeness (QED) is 0.0583. The van der Waals surface area contributed by atoms with E-state index in [-0.39, 0.29) is 17.3 Å². The number of phosphoric acid groups is 6. The van der Waals surface area contributed by atoms with E-state index in [1.165, 1.54) is 13.0 Å². The van der Waals surface area contributed by atoms with E-state index in [0.29, 0.717) is 4.68 Å². The largest absolute Gasteiger partial charge is 0.490 e. The highest BCUT2D eigenvalue weighted by Crippen LogP contribution is 2.68. The van der Waals surface area contributed by atoms with Crippen LogP contribution in [-0.2, 0) is 63.2 Å². The van der Waals surface area contributed by atoms with E-state index < -0.39 is 117 Å². The Labute approximate surface area is 393 Å². The summed E-state index contributed by atoms with van der Waals surface area (Å²) < 4.78 is 105. The first-order chi connectivity index (χ1) is 30.2. The number of anilines is 2. The predicted molar refractivity (Wildman–Crippen MR) is 221 cm³/mol. The first-order valence-corrected chi connectivity index (χ1v) is 27.3. The maximum Gasteiger partial charge on any atom is 0.490 e. The molecule has 2 fully saturated rings. The summed E-state index contributed by atoms with van der Waals surface area (Å²) in [6.07, 6.45) is -12.8. The van der Waals surface area contributed by atoms with Gasteiger partial charge in [-0.3, -0.25) is 13.6 Å². The van der Waals surface area contributed by atoms with Crippen LogP contribution in [0.25, 0.3) is 0 Å². The lowest BCUT2D eigenvalue weighted by atomic mass is 9.97. The van der Waals surface area contributed by atoms with Crippen LogP contribution in [-0.4, -0.2) is 120 Å². The number of aromatic nitrogens is 5. The molecule has 2 saturated heterocycles. The average Bonchev–Trinajstić information content (AvgIpc) is 3.49. The number of aliphatic hydroxyl groups excluding tert-OH is 2. The molecule has 0 saturated carbocycles. The van der Waals surface area contributed by atoms with Crippen LogP contribution in [0.3, 0.4) is 0 Å². The number of nitrogens with zero attached hydrogens (tertiary/aromatic N) is 5. The van der Waals surface area contributed by atoms with E-state index in [0.717, 1.165) is 24.6 Å². The molecular formula is C24H33Cl4N7O26P6. The zero-order valence-corrected chi connectivity index (χ0v) is 41.3. The third kappa shape index (κ3) is 15.9. The predicted octanol–water partition coefficient (Wildman–Crippen LogP) is -0.311. The van der Waals surface area contributed by atoms with Crippen molar-refractivity contribution < 1.29 is 113 Å². The smallest absolute Gasteiger partial charge is 0.387 e. The molecule has 0 bridgehead atoms. The molecule has 67 heavy (non-hydrogen) atoms. The minimum Gasteiger partial charge on any atom is -0.387 e. The lowest BCUT2D eigenvalue weighted by molar-refractivity contribution is -0.0785. The van der Waals surface area contributed by atoms with Crippen molar-refractivity contribution in [3.63, 3.8) is 0 Å². The molecule has 4 rings (SSSR count). The van der Waals surface area contributed by atoms with E-state index in [2.05, 4.69) is 53.2 Å². The minimum absolute atomic E-state index is 0.126. The Bertz CT molecular complexity index is 2740.